The molecule has 2 aromatic rings. The second kappa shape index (κ2) is 7.40. The van der Waals surface area contributed by atoms with Crippen LogP contribution >= 0.6 is 0 Å². The number of ether oxygens (including phenoxy) is 4. The minimum atomic E-state index is -0.668. The molecule has 5 heteroatoms. The van der Waals surface area contributed by atoms with Gasteiger partial charge in [0.25, 0.3) is 0 Å². The Labute approximate surface area is 146 Å². The zero-order chi connectivity index (χ0) is 17.8. The highest BCUT2D eigenvalue weighted by atomic mass is 16.7. The molecule has 1 unspecified atom stereocenters. The lowest BCUT2D eigenvalue weighted by atomic mass is 10.1. The Kier molecular flexibility index (Phi) is 5.05. The highest BCUT2D eigenvalue weighted by molar-refractivity contribution is 5.89. The molecule has 1 atom stereocenters. The van der Waals surface area contributed by atoms with Crippen LogP contribution in [0.5, 0.6) is 11.5 Å². The fourth-order valence-corrected chi connectivity index (χ4v) is 2.39. The highest BCUT2D eigenvalue weighted by Crippen LogP contribution is 2.32. The Balaban J connectivity index is 1.52. The summed E-state index contributed by atoms with van der Waals surface area (Å²) < 4.78 is 21.5. The van der Waals surface area contributed by atoms with Gasteiger partial charge in [-0.25, -0.2) is 4.79 Å². The van der Waals surface area contributed by atoms with Gasteiger partial charge >= 0.3 is 5.97 Å². The molecule has 0 amide bonds. The Bertz CT molecular complexity index is 779. The summed E-state index contributed by atoms with van der Waals surface area (Å²) in [6, 6.07) is 12.7. The molecule has 1 aliphatic heterocycles. The second-order valence-electron chi connectivity index (χ2n) is 5.83. The number of hydrogen-bond donors (Lipinski definition) is 0. The highest BCUT2D eigenvalue weighted by Gasteiger charge is 2.15. The van der Waals surface area contributed by atoms with Gasteiger partial charge in [0.1, 0.15) is 0 Å². The van der Waals surface area contributed by atoms with E-state index in [4.69, 9.17) is 18.9 Å². The van der Waals surface area contributed by atoms with E-state index in [0.29, 0.717) is 17.9 Å². The van der Waals surface area contributed by atoms with E-state index in [-0.39, 0.29) is 6.79 Å². The van der Waals surface area contributed by atoms with Crippen molar-refractivity contribution in [3.8, 4) is 11.5 Å². The van der Waals surface area contributed by atoms with Crippen LogP contribution in [-0.4, -0.2) is 19.1 Å². The van der Waals surface area contributed by atoms with E-state index in [1.54, 1.807) is 19.1 Å². The number of carbonyl (C=O) groups excluding carboxylic acids is 1. The quantitative estimate of drug-likeness (QED) is 0.583. The minimum absolute atomic E-state index is 0.234. The summed E-state index contributed by atoms with van der Waals surface area (Å²) in [5, 5.41) is 0. The van der Waals surface area contributed by atoms with Gasteiger partial charge in [-0.1, -0.05) is 30.4 Å². The molecule has 1 aliphatic rings. The summed E-state index contributed by atoms with van der Waals surface area (Å²) in [5.41, 5.74) is 3.32. The first-order chi connectivity index (χ1) is 12.0. The summed E-state index contributed by atoms with van der Waals surface area (Å²) in [7, 11) is 0. The number of benzene rings is 2. The van der Waals surface area contributed by atoms with E-state index in [1.165, 1.54) is 0 Å². The Morgan fingerprint density at radius 2 is 1.80 bits per heavy atom. The molecule has 0 aromatic heterocycles. The molecule has 0 spiro atoms. The first-order valence-electron chi connectivity index (χ1n) is 8.00. The van der Waals surface area contributed by atoms with Gasteiger partial charge in [0.2, 0.25) is 13.1 Å². The zero-order valence-corrected chi connectivity index (χ0v) is 14.3. The predicted molar refractivity (Wildman–Crippen MR) is 93.4 cm³/mol. The third-order valence-corrected chi connectivity index (χ3v) is 3.81. The maximum Gasteiger partial charge on any atom is 0.340 e. The monoisotopic (exact) mass is 340 g/mol. The zero-order valence-electron chi connectivity index (χ0n) is 14.3. The van der Waals surface area contributed by atoms with Gasteiger partial charge in [0.15, 0.2) is 11.5 Å². The van der Waals surface area contributed by atoms with Crippen molar-refractivity contribution in [1.29, 1.82) is 0 Å². The molecule has 1 heterocycles. The molecule has 5 nitrogen and oxygen atoms in total. The summed E-state index contributed by atoms with van der Waals surface area (Å²) in [6.45, 7) is 8.01. The van der Waals surface area contributed by atoms with Crippen molar-refractivity contribution in [3.63, 3.8) is 0 Å². The van der Waals surface area contributed by atoms with E-state index < -0.39 is 12.3 Å². The van der Waals surface area contributed by atoms with Crippen LogP contribution < -0.4 is 9.47 Å². The molecule has 2 aromatic carbocycles. The molecular weight excluding hydrogens is 320 g/mol. The molecule has 0 fully saturated rings. The number of carbonyl (C=O) groups is 1. The normalized spacial score (nSPS) is 13.4. The van der Waals surface area contributed by atoms with Gasteiger partial charge in [0, 0.05) is 0 Å². The van der Waals surface area contributed by atoms with Crippen molar-refractivity contribution in [2.75, 3.05) is 6.79 Å². The third kappa shape index (κ3) is 4.19. The van der Waals surface area contributed by atoms with Crippen molar-refractivity contribution in [2.24, 2.45) is 0 Å². The van der Waals surface area contributed by atoms with E-state index in [2.05, 4.69) is 6.58 Å². The summed E-state index contributed by atoms with van der Waals surface area (Å²) >= 11 is 0. The smallest absolute Gasteiger partial charge is 0.340 e. The van der Waals surface area contributed by atoms with Crippen LogP contribution in [0.2, 0.25) is 0 Å². The molecule has 0 bridgehead atoms. The Hall–Kier alpha value is -2.79. The van der Waals surface area contributed by atoms with Crippen LogP contribution in [0.4, 0.5) is 0 Å². The van der Waals surface area contributed by atoms with Gasteiger partial charge in [-0.05, 0) is 49.2 Å². The molecule has 3 rings (SSSR count). The van der Waals surface area contributed by atoms with E-state index >= 15 is 0 Å². The summed E-state index contributed by atoms with van der Waals surface area (Å²) in [5.74, 6) is 0.997. The fourth-order valence-electron chi connectivity index (χ4n) is 2.39. The van der Waals surface area contributed by atoms with Crippen molar-refractivity contribution < 1.29 is 23.7 Å². The van der Waals surface area contributed by atoms with Crippen LogP contribution in [-0.2, 0) is 16.1 Å². The summed E-state index contributed by atoms with van der Waals surface area (Å²) in [6.07, 6.45) is -0.668. The average molecular weight is 340 g/mol. The lowest BCUT2D eigenvalue weighted by Crippen LogP contribution is -2.18. The van der Waals surface area contributed by atoms with Crippen molar-refractivity contribution in [3.05, 3.63) is 65.7 Å². The number of esters is 1. The molecule has 0 aliphatic carbocycles. The lowest BCUT2D eigenvalue weighted by molar-refractivity contribution is -0.105. The second-order valence-corrected chi connectivity index (χ2v) is 5.83. The van der Waals surface area contributed by atoms with E-state index in [9.17, 15) is 4.79 Å². The van der Waals surface area contributed by atoms with Crippen molar-refractivity contribution in [1.82, 2.24) is 0 Å². The molecule has 0 saturated heterocycles. The molecule has 25 heavy (non-hydrogen) atoms. The minimum Gasteiger partial charge on any atom is -0.454 e. The average Bonchev–Trinajstić information content (AvgIpc) is 3.07. The van der Waals surface area contributed by atoms with Crippen LogP contribution in [0.15, 0.2) is 49.0 Å². The maximum absolute atomic E-state index is 12.1. The number of hydrogen-bond acceptors (Lipinski definition) is 5. The lowest BCUT2D eigenvalue weighted by Gasteiger charge is -2.14. The van der Waals surface area contributed by atoms with Gasteiger partial charge in [0.05, 0.1) is 12.2 Å². The largest absolute Gasteiger partial charge is 0.454 e. The first kappa shape index (κ1) is 17.0. The topological polar surface area (TPSA) is 54.0 Å². The van der Waals surface area contributed by atoms with Gasteiger partial charge < -0.3 is 18.9 Å². The molecular formula is C20H20O5. The van der Waals surface area contributed by atoms with Gasteiger partial charge in [-0.15, -0.1) is 0 Å². The number of fused-ring (bicyclic) bond motifs is 1. The van der Waals surface area contributed by atoms with Crippen LogP contribution in [0.1, 0.15) is 35.3 Å². The molecule has 0 N–H and O–H groups in total. The van der Waals surface area contributed by atoms with Gasteiger partial charge in [-0.2, -0.15) is 0 Å². The van der Waals surface area contributed by atoms with Crippen LogP contribution in [0, 0.1) is 0 Å². The van der Waals surface area contributed by atoms with Crippen LogP contribution in [0.25, 0.3) is 5.57 Å². The van der Waals surface area contributed by atoms with E-state index in [1.807, 2.05) is 37.3 Å². The standard InChI is InChI=1S/C20H20O5/c1-13(2)16-5-7-17(8-6-16)20(21)25-14(3)22-11-15-4-9-18-19(10-15)24-12-23-18/h4-10,14H,1,11-12H2,2-3H3. The molecule has 130 valence electrons. The van der Waals surface area contributed by atoms with Crippen LogP contribution in [0.3, 0.4) is 0 Å². The number of allylic oxidation sites excluding steroid dienone is 1. The van der Waals surface area contributed by atoms with Gasteiger partial charge in [-0.3, -0.25) is 0 Å². The third-order valence-electron chi connectivity index (χ3n) is 3.81. The Morgan fingerprint density at radius 1 is 1.12 bits per heavy atom. The molecule has 0 radical (unpaired) electrons. The fraction of sp³-hybridized carbons (Fsp3) is 0.250. The first-order valence-corrected chi connectivity index (χ1v) is 8.00. The molecule has 0 saturated carbocycles. The number of rotatable bonds is 6. The SMILES string of the molecule is C=C(C)c1ccc(C(=O)OC(C)OCc2ccc3c(c2)OCO3)cc1. The summed E-state index contributed by atoms with van der Waals surface area (Å²) in [4.78, 5) is 12.1. The van der Waals surface area contributed by atoms with Crippen molar-refractivity contribution >= 4 is 11.5 Å². The predicted octanol–water partition coefficient (Wildman–Crippen LogP) is 4.17. The van der Waals surface area contributed by atoms with Crippen molar-refractivity contribution in [2.45, 2.75) is 26.7 Å². The maximum atomic E-state index is 12.1. The van der Waals surface area contributed by atoms with E-state index in [0.717, 1.165) is 22.4 Å². The Morgan fingerprint density at radius 3 is 2.52 bits per heavy atom.